The summed E-state index contributed by atoms with van der Waals surface area (Å²) in [6.07, 6.45) is -0.451. The average Bonchev–Trinajstić information content (AvgIpc) is 2.46. The lowest BCUT2D eigenvalue weighted by molar-refractivity contribution is -0.118. The molecule has 1 amide bonds. The molecule has 0 aliphatic rings. The normalized spacial score (nSPS) is 12.1. The molecule has 1 aromatic carbocycles. The van der Waals surface area contributed by atoms with Gasteiger partial charge in [-0.25, -0.2) is 0 Å². The zero-order chi connectivity index (χ0) is 15.8. The Morgan fingerprint density at radius 3 is 2.62 bits per heavy atom. The Morgan fingerprint density at radius 1 is 1.38 bits per heavy atom. The molecule has 0 saturated heterocycles. The van der Waals surface area contributed by atoms with E-state index >= 15 is 0 Å². The summed E-state index contributed by atoms with van der Waals surface area (Å²) in [5.41, 5.74) is 5.51. The second-order valence-electron chi connectivity index (χ2n) is 4.09. The van der Waals surface area contributed by atoms with E-state index in [4.69, 9.17) is 15.2 Å². The lowest BCUT2D eigenvalue weighted by Gasteiger charge is -2.15. The molecule has 1 aromatic rings. The van der Waals surface area contributed by atoms with Crippen LogP contribution in [0, 0.1) is 0 Å². The molecule has 21 heavy (non-hydrogen) atoms. The third-order valence-corrected chi connectivity index (χ3v) is 2.69. The van der Waals surface area contributed by atoms with Crippen LogP contribution in [0.25, 0.3) is 0 Å². The maximum atomic E-state index is 12.3. The van der Waals surface area contributed by atoms with E-state index < -0.39 is 18.6 Å². The molecule has 1 atom stereocenters. The molecule has 8 heteroatoms. The standard InChI is InChI=1S/C13H18F2N2O4/c1-19-8-3-4-11(21-13(14)15)10(5-8)17-12(18)6-9(7-16)20-2/h3-5,9,13H,6-7,16H2,1-2H3,(H,17,18). The number of ether oxygens (including phenoxy) is 3. The summed E-state index contributed by atoms with van der Waals surface area (Å²) in [5.74, 6) is -0.186. The van der Waals surface area contributed by atoms with Gasteiger partial charge in [0.25, 0.3) is 0 Å². The van der Waals surface area contributed by atoms with Crippen LogP contribution in [-0.2, 0) is 9.53 Å². The van der Waals surface area contributed by atoms with Gasteiger partial charge in [0.2, 0.25) is 5.91 Å². The molecule has 3 N–H and O–H groups in total. The summed E-state index contributed by atoms with van der Waals surface area (Å²) in [7, 11) is 2.85. The number of benzene rings is 1. The van der Waals surface area contributed by atoms with Crippen LogP contribution >= 0.6 is 0 Å². The first-order chi connectivity index (χ1) is 9.99. The topological polar surface area (TPSA) is 82.8 Å². The van der Waals surface area contributed by atoms with E-state index in [2.05, 4.69) is 10.1 Å². The number of carbonyl (C=O) groups excluding carboxylic acids is 1. The molecule has 6 nitrogen and oxygen atoms in total. The van der Waals surface area contributed by atoms with Crippen molar-refractivity contribution < 1.29 is 27.8 Å². The minimum Gasteiger partial charge on any atom is -0.497 e. The lowest BCUT2D eigenvalue weighted by Crippen LogP contribution is -2.28. The van der Waals surface area contributed by atoms with Gasteiger partial charge in [0.05, 0.1) is 25.3 Å². The molecule has 0 spiro atoms. The second-order valence-corrected chi connectivity index (χ2v) is 4.09. The van der Waals surface area contributed by atoms with Gasteiger partial charge < -0.3 is 25.3 Å². The molecule has 0 saturated carbocycles. The molecule has 1 rings (SSSR count). The van der Waals surface area contributed by atoms with Gasteiger partial charge in [0.1, 0.15) is 11.5 Å². The zero-order valence-electron chi connectivity index (χ0n) is 11.8. The molecule has 0 aliphatic heterocycles. The van der Waals surface area contributed by atoms with Gasteiger partial charge in [-0.1, -0.05) is 0 Å². The first-order valence-corrected chi connectivity index (χ1v) is 6.15. The van der Waals surface area contributed by atoms with Gasteiger partial charge in [-0.3, -0.25) is 4.79 Å². The highest BCUT2D eigenvalue weighted by Gasteiger charge is 2.16. The maximum absolute atomic E-state index is 12.3. The predicted octanol–water partition coefficient (Wildman–Crippen LogP) is 1.60. The van der Waals surface area contributed by atoms with Crippen LogP contribution in [0.2, 0.25) is 0 Å². The molecule has 0 aliphatic carbocycles. The van der Waals surface area contributed by atoms with Gasteiger partial charge in [-0.2, -0.15) is 8.78 Å². The molecule has 0 aromatic heterocycles. The molecule has 0 radical (unpaired) electrons. The van der Waals surface area contributed by atoms with Crippen molar-refractivity contribution in [2.45, 2.75) is 19.1 Å². The van der Waals surface area contributed by atoms with Crippen molar-refractivity contribution in [1.82, 2.24) is 0 Å². The molecule has 118 valence electrons. The van der Waals surface area contributed by atoms with Crippen LogP contribution in [0.1, 0.15) is 6.42 Å². The smallest absolute Gasteiger partial charge is 0.387 e. The Hall–Kier alpha value is -1.93. The van der Waals surface area contributed by atoms with E-state index in [1.54, 1.807) is 0 Å². The van der Waals surface area contributed by atoms with Gasteiger partial charge in [-0.15, -0.1) is 0 Å². The number of anilines is 1. The lowest BCUT2D eigenvalue weighted by atomic mass is 10.2. The first kappa shape index (κ1) is 17.1. The number of halogens is 2. The molecule has 1 unspecified atom stereocenters. The van der Waals surface area contributed by atoms with Crippen LogP contribution < -0.4 is 20.5 Å². The predicted molar refractivity (Wildman–Crippen MR) is 72.7 cm³/mol. The van der Waals surface area contributed by atoms with Gasteiger partial charge in [0, 0.05) is 19.7 Å². The fraction of sp³-hybridized carbons (Fsp3) is 0.462. The monoisotopic (exact) mass is 304 g/mol. The van der Waals surface area contributed by atoms with Crippen LogP contribution in [-0.4, -0.2) is 39.4 Å². The largest absolute Gasteiger partial charge is 0.497 e. The highest BCUT2D eigenvalue weighted by atomic mass is 19.3. The number of amides is 1. The van der Waals surface area contributed by atoms with Crippen molar-refractivity contribution >= 4 is 11.6 Å². The van der Waals surface area contributed by atoms with Crippen molar-refractivity contribution in [3.8, 4) is 11.5 Å². The molecule has 0 bridgehead atoms. The van der Waals surface area contributed by atoms with Crippen molar-refractivity contribution in [2.24, 2.45) is 5.73 Å². The molecular weight excluding hydrogens is 286 g/mol. The summed E-state index contributed by atoms with van der Waals surface area (Å²) in [5, 5.41) is 2.48. The van der Waals surface area contributed by atoms with Gasteiger partial charge in [-0.05, 0) is 12.1 Å². The van der Waals surface area contributed by atoms with Crippen molar-refractivity contribution in [3.63, 3.8) is 0 Å². The summed E-state index contributed by atoms with van der Waals surface area (Å²) in [6.45, 7) is -2.83. The van der Waals surface area contributed by atoms with Crippen LogP contribution in [0.3, 0.4) is 0 Å². The van der Waals surface area contributed by atoms with E-state index in [1.807, 2.05) is 0 Å². The highest BCUT2D eigenvalue weighted by molar-refractivity contribution is 5.92. The molecule has 0 fully saturated rings. The number of rotatable bonds is 8. The van der Waals surface area contributed by atoms with E-state index in [9.17, 15) is 13.6 Å². The second kappa shape index (κ2) is 8.38. The quantitative estimate of drug-likeness (QED) is 0.762. The fourth-order valence-corrected chi connectivity index (χ4v) is 1.60. The minimum absolute atomic E-state index is 0.00166. The average molecular weight is 304 g/mol. The van der Waals surface area contributed by atoms with E-state index in [-0.39, 0.29) is 24.4 Å². The van der Waals surface area contributed by atoms with E-state index in [1.165, 1.54) is 32.4 Å². The van der Waals surface area contributed by atoms with Crippen molar-refractivity contribution in [2.75, 3.05) is 26.1 Å². The van der Waals surface area contributed by atoms with Crippen LogP contribution in [0.5, 0.6) is 11.5 Å². The number of hydrogen-bond donors (Lipinski definition) is 2. The molecule has 0 heterocycles. The minimum atomic E-state index is -3.00. The zero-order valence-corrected chi connectivity index (χ0v) is 11.8. The van der Waals surface area contributed by atoms with E-state index in [0.29, 0.717) is 5.75 Å². The van der Waals surface area contributed by atoms with Crippen molar-refractivity contribution in [1.29, 1.82) is 0 Å². The summed E-state index contributed by atoms with van der Waals surface area (Å²) >= 11 is 0. The Bertz CT molecular complexity index is 467. The Labute approximate surface area is 121 Å². The third-order valence-electron chi connectivity index (χ3n) is 2.69. The number of methoxy groups -OCH3 is 2. The van der Waals surface area contributed by atoms with Gasteiger partial charge >= 0.3 is 6.61 Å². The Balaban J connectivity index is 2.85. The SMILES string of the molecule is COc1ccc(OC(F)F)c(NC(=O)CC(CN)OC)c1. The van der Waals surface area contributed by atoms with Crippen molar-refractivity contribution in [3.05, 3.63) is 18.2 Å². The summed E-state index contributed by atoms with van der Waals surface area (Å²) in [6, 6.07) is 4.13. The number of hydrogen-bond acceptors (Lipinski definition) is 5. The van der Waals surface area contributed by atoms with E-state index in [0.717, 1.165) is 0 Å². The number of nitrogens with two attached hydrogens (primary N) is 1. The van der Waals surface area contributed by atoms with Crippen LogP contribution in [0.4, 0.5) is 14.5 Å². The maximum Gasteiger partial charge on any atom is 0.387 e. The van der Waals surface area contributed by atoms with Crippen LogP contribution in [0.15, 0.2) is 18.2 Å². The first-order valence-electron chi connectivity index (χ1n) is 6.15. The Morgan fingerprint density at radius 2 is 2.10 bits per heavy atom. The molecular formula is C13H18F2N2O4. The summed E-state index contributed by atoms with van der Waals surface area (Å²) in [4.78, 5) is 11.8. The number of alkyl halides is 2. The number of nitrogens with one attached hydrogen (secondary N) is 1. The highest BCUT2D eigenvalue weighted by Crippen LogP contribution is 2.30. The van der Waals surface area contributed by atoms with Gasteiger partial charge in [0.15, 0.2) is 0 Å². The number of carbonyl (C=O) groups is 1. The fourth-order valence-electron chi connectivity index (χ4n) is 1.60. The third kappa shape index (κ3) is 5.52. The summed E-state index contributed by atoms with van der Waals surface area (Å²) < 4.78 is 39.0. The Kier molecular flexibility index (Phi) is 6.83.